The van der Waals surface area contributed by atoms with Gasteiger partial charge in [-0.25, -0.2) is 9.59 Å². The number of amides is 3. The van der Waals surface area contributed by atoms with Crippen molar-refractivity contribution in [2.75, 3.05) is 5.75 Å². The Labute approximate surface area is 185 Å². The van der Waals surface area contributed by atoms with Crippen LogP contribution in [0, 0.1) is 11.5 Å². The van der Waals surface area contributed by atoms with Crippen LogP contribution in [0.25, 0.3) is 10.4 Å². The molecule has 3 N–H and O–H groups in total. The molecule has 2 aliphatic rings. The summed E-state index contributed by atoms with van der Waals surface area (Å²) in [4.78, 5) is 37.8. The van der Waals surface area contributed by atoms with E-state index in [1.807, 2.05) is 23.7 Å². The predicted octanol–water partition coefficient (Wildman–Crippen LogP) is 1.86. The minimum Gasteiger partial charge on any atom is -0.477 e. The van der Waals surface area contributed by atoms with Gasteiger partial charge < -0.3 is 10.4 Å². The highest BCUT2D eigenvalue weighted by atomic mass is 32.2. The molecule has 0 bridgehead atoms. The van der Waals surface area contributed by atoms with Gasteiger partial charge >= 0.3 is 12.0 Å². The van der Waals surface area contributed by atoms with E-state index < -0.39 is 17.9 Å². The maximum absolute atomic E-state index is 12.2. The first-order valence-electron chi connectivity index (χ1n) is 9.09. The number of urea groups is 1. The molecule has 1 unspecified atom stereocenters. The second-order valence-corrected chi connectivity index (χ2v) is 8.63. The van der Waals surface area contributed by atoms with E-state index in [-0.39, 0.29) is 11.2 Å². The van der Waals surface area contributed by atoms with E-state index in [0.717, 1.165) is 10.4 Å². The van der Waals surface area contributed by atoms with Crippen molar-refractivity contribution >= 4 is 41.0 Å². The number of fused-ring (bicyclic) bond motifs is 1. The Hall–Kier alpha value is -3.62. The fraction of sp³-hybridized carbons (Fsp3) is 0.150. The fourth-order valence-corrected chi connectivity index (χ4v) is 5.07. The molecule has 4 heterocycles. The Bertz CT molecular complexity index is 1170. The molecule has 2 aromatic heterocycles. The van der Waals surface area contributed by atoms with Gasteiger partial charge in [0.15, 0.2) is 30.6 Å². The summed E-state index contributed by atoms with van der Waals surface area (Å²) in [5, 5.41) is 25.0. The van der Waals surface area contributed by atoms with E-state index in [1.165, 1.54) is 28.0 Å². The van der Waals surface area contributed by atoms with Crippen molar-refractivity contribution in [3.8, 4) is 16.6 Å². The van der Waals surface area contributed by atoms with Gasteiger partial charge in [-0.2, -0.15) is 9.83 Å². The van der Waals surface area contributed by atoms with Gasteiger partial charge in [0.05, 0.1) is 5.56 Å². The van der Waals surface area contributed by atoms with Crippen molar-refractivity contribution in [2.24, 2.45) is 0 Å². The first-order valence-corrected chi connectivity index (χ1v) is 11.0. The van der Waals surface area contributed by atoms with Gasteiger partial charge in [-0.15, -0.1) is 23.1 Å². The summed E-state index contributed by atoms with van der Waals surface area (Å²) in [6.45, 7) is 0.364. The number of aromatic nitrogens is 1. The van der Waals surface area contributed by atoms with Crippen molar-refractivity contribution in [2.45, 2.75) is 12.0 Å². The lowest BCUT2D eigenvalue weighted by Gasteiger charge is -2.44. The van der Waals surface area contributed by atoms with Crippen LogP contribution in [0.4, 0.5) is 4.79 Å². The quantitative estimate of drug-likeness (QED) is 0.347. The van der Waals surface area contributed by atoms with Crippen LogP contribution in [0.3, 0.4) is 0 Å². The van der Waals surface area contributed by atoms with E-state index >= 15 is 0 Å². The van der Waals surface area contributed by atoms with Crippen LogP contribution in [0.1, 0.15) is 10.4 Å². The second kappa shape index (κ2) is 8.63. The van der Waals surface area contributed by atoms with Crippen molar-refractivity contribution in [1.82, 2.24) is 15.5 Å². The van der Waals surface area contributed by atoms with Crippen molar-refractivity contribution in [3.05, 3.63) is 65.0 Å². The molecule has 1 saturated heterocycles. The molecule has 31 heavy (non-hydrogen) atoms. The maximum Gasteiger partial charge on any atom is 0.353 e. The van der Waals surface area contributed by atoms with Crippen LogP contribution < -0.4 is 15.2 Å². The third-order valence-electron chi connectivity index (χ3n) is 4.64. The van der Waals surface area contributed by atoms with Gasteiger partial charge in [0.2, 0.25) is 0 Å². The molecular weight excluding hydrogens is 438 g/mol. The van der Waals surface area contributed by atoms with Gasteiger partial charge in [-0.3, -0.25) is 15.0 Å². The summed E-state index contributed by atoms with van der Waals surface area (Å²) in [6.07, 6.45) is 8.60. The van der Waals surface area contributed by atoms with Crippen LogP contribution in [-0.4, -0.2) is 39.2 Å². The van der Waals surface area contributed by atoms with Crippen molar-refractivity contribution < 1.29 is 24.1 Å². The number of nitrogens with zero attached hydrogens (tertiary/aromatic N) is 3. The molecule has 0 spiro atoms. The number of aliphatic carboxylic acids is 1. The van der Waals surface area contributed by atoms with Gasteiger partial charge in [-0.05, 0) is 29.2 Å². The predicted molar refractivity (Wildman–Crippen MR) is 113 cm³/mol. The highest BCUT2D eigenvalue weighted by Gasteiger charge is 2.44. The Kier molecular flexibility index (Phi) is 5.75. The molecule has 0 aliphatic carbocycles. The smallest absolute Gasteiger partial charge is 0.353 e. The molecule has 4 rings (SSSR count). The number of pyridine rings is 1. The lowest BCUT2D eigenvalue weighted by Crippen LogP contribution is -2.65. The number of hydrogen-bond donors (Lipinski definition) is 3. The summed E-state index contributed by atoms with van der Waals surface area (Å²) >= 11 is 2.97. The zero-order valence-corrected chi connectivity index (χ0v) is 17.6. The van der Waals surface area contributed by atoms with Gasteiger partial charge in [-0.1, -0.05) is 12.1 Å². The van der Waals surface area contributed by atoms with E-state index in [9.17, 15) is 19.5 Å². The van der Waals surface area contributed by atoms with Crippen LogP contribution in [-0.2, 0) is 11.3 Å². The largest absolute Gasteiger partial charge is 0.477 e. The molecule has 11 heteroatoms. The normalized spacial score (nSPS) is 17.6. The van der Waals surface area contributed by atoms with E-state index in [1.54, 1.807) is 35.2 Å². The molecule has 156 valence electrons. The molecule has 0 saturated carbocycles. The third-order valence-corrected chi connectivity index (χ3v) is 6.68. The van der Waals surface area contributed by atoms with Crippen molar-refractivity contribution in [3.63, 3.8) is 0 Å². The van der Waals surface area contributed by atoms with Crippen LogP contribution in [0.5, 0.6) is 0 Å². The summed E-state index contributed by atoms with van der Waals surface area (Å²) in [5.74, 6) is -1.20. The number of thioether (sulfide) groups is 1. The van der Waals surface area contributed by atoms with E-state index in [0.29, 0.717) is 23.4 Å². The van der Waals surface area contributed by atoms with Crippen LogP contribution in [0.15, 0.2) is 59.4 Å². The number of carbonyl (C=O) groups excluding carboxylic acids is 2. The molecule has 9 nitrogen and oxygen atoms in total. The molecule has 2 aromatic rings. The number of thiophene rings is 1. The summed E-state index contributed by atoms with van der Waals surface area (Å²) < 4.78 is 1.79. The number of carboxylic acids is 1. The molecule has 3 amide bonds. The Morgan fingerprint density at radius 2 is 2.29 bits per heavy atom. The lowest BCUT2D eigenvalue weighted by molar-refractivity contribution is -0.686. The minimum atomic E-state index is -1.15. The fourth-order valence-electron chi connectivity index (χ4n) is 3.26. The van der Waals surface area contributed by atoms with E-state index in [2.05, 4.69) is 10.6 Å². The summed E-state index contributed by atoms with van der Waals surface area (Å²) in [5.41, 5.74) is 1.34. The van der Waals surface area contributed by atoms with Crippen LogP contribution in [0.2, 0.25) is 0 Å². The standard InChI is InChI=1S/C20H15N5O4S2/c21-11-22-17(26)14-7-13(15-4-2-6-30-15)8-24(9-14)5-1-3-12-10-31-20-23-19(29)25(20)16(12)18(27)28/h1-4,6-9,20H,5,10H2,(H2-,22,23,26,27,28,29)/p+1/b3-1+. The number of hydrogen-bond acceptors (Lipinski definition) is 6. The monoisotopic (exact) mass is 454 g/mol. The number of nitriles is 1. The Morgan fingerprint density at radius 1 is 1.45 bits per heavy atom. The molecule has 0 radical (unpaired) electrons. The van der Waals surface area contributed by atoms with Crippen LogP contribution >= 0.6 is 23.1 Å². The molecule has 1 atom stereocenters. The van der Waals surface area contributed by atoms with Gasteiger partial charge in [0, 0.05) is 10.6 Å². The SMILES string of the molecule is N#CNC(=O)c1cc(-c2cccs2)c[n+](C/C=C/C2=C(C(=O)O)N3C(=O)NC3SC2)c1. The molecular formula is C20H16N5O4S2+. The zero-order valence-electron chi connectivity index (χ0n) is 15.9. The van der Waals surface area contributed by atoms with Crippen molar-refractivity contribution in [1.29, 1.82) is 5.26 Å². The highest BCUT2D eigenvalue weighted by molar-refractivity contribution is 8.00. The minimum absolute atomic E-state index is 0.0184. The third kappa shape index (κ3) is 4.16. The highest BCUT2D eigenvalue weighted by Crippen LogP contribution is 2.35. The zero-order chi connectivity index (χ0) is 22.0. The first kappa shape index (κ1) is 20.6. The second-order valence-electron chi connectivity index (χ2n) is 6.62. The summed E-state index contributed by atoms with van der Waals surface area (Å²) in [6, 6.07) is 5.13. The number of rotatable bonds is 6. The Morgan fingerprint density at radius 3 is 2.97 bits per heavy atom. The Balaban J connectivity index is 1.61. The topological polar surface area (TPSA) is 126 Å². The number of allylic oxidation sites excluding steroid dienone is 2. The average Bonchev–Trinajstić information content (AvgIpc) is 3.28. The number of nitrogens with one attached hydrogen (secondary N) is 2. The number of carbonyl (C=O) groups is 3. The molecule has 0 aromatic carbocycles. The van der Waals surface area contributed by atoms with E-state index in [4.69, 9.17) is 5.26 Å². The maximum atomic E-state index is 12.2. The average molecular weight is 455 g/mol. The molecule has 2 aliphatic heterocycles. The van der Waals surface area contributed by atoms with Gasteiger partial charge in [0.25, 0.3) is 5.91 Å². The lowest BCUT2D eigenvalue weighted by atomic mass is 10.1. The number of carboxylic acid groups (broad SMARTS) is 1. The summed E-state index contributed by atoms with van der Waals surface area (Å²) in [7, 11) is 0. The molecule has 1 fully saturated rings. The first-order chi connectivity index (χ1) is 15.0. The van der Waals surface area contributed by atoms with Gasteiger partial charge in [0.1, 0.15) is 11.3 Å².